The Morgan fingerprint density at radius 2 is 2.05 bits per heavy atom. The number of rotatable bonds is 3. The van der Waals surface area contributed by atoms with Crippen molar-refractivity contribution in [3.63, 3.8) is 0 Å². The minimum atomic E-state index is 0.414. The van der Waals surface area contributed by atoms with Gasteiger partial charge in [-0.3, -0.25) is 0 Å². The normalized spacial score (nSPS) is 18.1. The van der Waals surface area contributed by atoms with Crippen molar-refractivity contribution in [3.8, 4) is 0 Å². The number of ether oxygens (including phenoxy) is 1. The first-order valence-electron chi connectivity index (χ1n) is 7.23. The highest BCUT2D eigenvalue weighted by Crippen LogP contribution is 2.23. The van der Waals surface area contributed by atoms with Crippen LogP contribution in [0, 0.1) is 5.92 Å². The highest BCUT2D eigenvalue weighted by Gasteiger charge is 2.20. The monoisotopic (exact) mass is 271 g/mol. The van der Waals surface area contributed by atoms with Crippen LogP contribution in [0.1, 0.15) is 19.8 Å². The molecule has 1 unspecified atom stereocenters. The van der Waals surface area contributed by atoms with Crippen LogP contribution in [0.3, 0.4) is 0 Å². The van der Waals surface area contributed by atoms with Crippen molar-refractivity contribution in [1.82, 2.24) is 4.98 Å². The quantitative estimate of drug-likeness (QED) is 0.842. The fraction of sp³-hybridized carbons (Fsp3) is 0.438. The summed E-state index contributed by atoms with van der Waals surface area (Å²) in [5.41, 5.74) is 7.53. The summed E-state index contributed by atoms with van der Waals surface area (Å²) in [6, 6.07) is 10.3. The van der Waals surface area contributed by atoms with Crippen molar-refractivity contribution >= 4 is 22.4 Å². The molecule has 0 radical (unpaired) electrons. The van der Waals surface area contributed by atoms with E-state index < -0.39 is 0 Å². The lowest BCUT2D eigenvalue weighted by Gasteiger charge is -2.28. The fourth-order valence-electron chi connectivity index (χ4n) is 2.79. The first-order chi connectivity index (χ1) is 9.72. The zero-order chi connectivity index (χ0) is 13.9. The average Bonchev–Trinajstić information content (AvgIpc) is 2.48. The number of nitrogens with two attached hydrogens (primary N) is 1. The molecular formula is C16H21N3O. The van der Waals surface area contributed by atoms with Crippen molar-refractivity contribution in [3.05, 3.63) is 30.3 Å². The predicted molar refractivity (Wildman–Crippen MR) is 82.8 cm³/mol. The summed E-state index contributed by atoms with van der Waals surface area (Å²) < 4.78 is 5.41. The first-order valence-corrected chi connectivity index (χ1v) is 7.23. The Labute approximate surface area is 119 Å². The van der Waals surface area contributed by atoms with E-state index in [1.54, 1.807) is 0 Å². The van der Waals surface area contributed by atoms with Crippen LogP contribution in [0.25, 0.3) is 10.9 Å². The molecule has 1 aliphatic rings. The van der Waals surface area contributed by atoms with Crippen molar-refractivity contribution in [1.29, 1.82) is 0 Å². The van der Waals surface area contributed by atoms with Gasteiger partial charge in [-0.2, -0.15) is 0 Å². The van der Waals surface area contributed by atoms with E-state index in [0.29, 0.717) is 12.0 Å². The SMILES string of the molecule is CC(Nc1ccc2cc(N)ccc2n1)C1CCOCC1. The van der Waals surface area contributed by atoms with Gasteiger partial charge in [0.25, 0.3) is 0 Å². The summed E-state index contributed by atoms with van der Waals surface area (Å²) in [4.78, 5) is 4.65. The lowest BCUT2D eigenvalue weighted by Crippen LogP contribution is -2.31. The maximum atomic E-state index is 5.78. The van der Waals surface area contributed by atoms with Crippen LogP contribution in [0.4, 0.5) is 11.5 Å². The summed E-state index contributed by atoms with van der Waals surface area (Å²) in [7, 11) is 0. The third-order valence-corrected chi connectivity index (χ3v) is 4.06. The lowest BCUT2D eigenvalue weighted by atomic mass is 9.93. The van der Waals surface area contributed by atoms with Crippen molar-refractivity contribution in [2.75, 3.05) is 24.3 Å². The Bertz CT molecular complexity index is 593. The van der Waals surface area contributed by atoms with Crippen LogP contribution >= 0.6 is 0 Å². The summed E-state index contributed by atoms with van der Waals surface area (Å²) in [6.07, 6.45) is 2.25. The summed E-state index contributed by atoms with van der Waals surface area (Å²) in [6.45, 7) is 3.98. The van der Waals surface area contributed by atoms with Crippen LogP contribution in [-0.2, 0) is 4.74 Å². The number of pyridine rings is 1. The average molecular weight is 271 g/mol. The maximum Gasteiger partial charge on any atom is 0.126 e. The fourth-order valence-corrected chi connectivity index (χ4v) is 2.79. The molecule has 1 aliphatic heterocycles. The number of benzene rings is 1. The Hall–Kier alpha value is -1.81. The van der Waals surface area contributed by atoms with Gasteiger partial charge in [0, 0.05) is 30.3 Å². The largest absolute Gasteiger partial charge is 0.399 e. The Kier molecular flexibility index (Phi) is 3.74. The molecule has 3 N–H and O–H groups in total. The number of anilines is 2. The minimum absolute atomic E-state index is 0.414. The van der Waals surface area contributed by atoms with Crippen molar-refractivity contribution < 1.29 is 4.74 Å². The van der Waals surface area contributed by atoms with Gasteiger partial charge in [-0.25, -0.2) is 4.98 Å². The molecule has 0 saturated carbocycles. The van der Waals surface area contributed by atoms with E-state index in [0.717, 1.165) is 48.5 Å². The van der Waals surface area contributed by atoms with Gasteiger partial charge in [0.05, 0.1) is 5.52 Å². The second kappa shape index (κ2) is 5.67. The zero-order valence-electron chi connectivity index (χ0n) is 11.8. The molecule has 106 valence electrons. The molecule has 1 aromatic carbocycles. The molecule has 1 saturated heterocycles. The molecule has 3 rings (SSSR count). The van der Waals surface area contributed by atoms with Gasteiger partial charge in [-0.05, 0) is 56.0 Å². The Morgan fingerprint density at radius 1 is 1.25 bits per heavy atom. The molecule has 20 heavy (non-hydrogen) atoms. The molecule has 0 bridgehead atoms. The number of fused-ring (bicyclic) bond motifs is 1. The third kappa shape index (κ3) is 2.85. The number of nitrogens with zero attached hydrogens (tertiary/aromatic N) is 1. The topological polar surface area (TPSA) is 60.2 Å². The molecule has 2 heterocycles. The van der Waals surface area contributed by atoms with Crippen LogP contribution in [-0.4, -0.2) is 24.2 Å². The molecular weight excluding hydrogens is 250 g/mol. The highest BCUT2D eigenvalue weighted by molar-refractivity contribution is 5.83. The third-order valence-electron chi connectivity index (χ3n) is 4.06. The smallest absolute Gasteiger partial charge is 0.126 e. The van der Waals surface area contributed by atoms with Gasteiger partial charge in [0.15, 0.2) is 0 Å². The first kappa shape index (κ1) is 13.2. The van der Waals surface area contributed by atoms with E-state index in [9.17, 15) is 0 Å². The lowest BCUT2D eigenvalue weighted by molar-refractivity contribution is 0.0622. The van der Waals surface area contributed by atoms with E-state index in [2.05, 4.69) is 23.3 Å². The van der Waals surface area contributed by atoms with E-state index in [4.69, 9.17) is 10.5 Å². The van der Waals surface area contributed by atoms with E-state index in [-0.39, 0.29) is 0 Å². The molecule has 4 heteroatoms. The Balaban J connectivity index is 1.75. The molecule has 2 aromatic rings. The predicted octanol–water partition coefficient (Wildman–Crippen LogP) is 3.04. The van der Waals surface area contributed by atoms with Crippen molar-refractivity contribution in [2.45, 2.75) is 25.8 Å². The molecule has 0 spiro atoms. The number of hydrogen-bond donors (Lipinski definition) is 2. The minimum Gasteiger partial charge on any atom is -0.399 e. The summed E-state index contributed by atoms with van der Waals surface area (Å²) >= 11 is 0. The molecule has 0 amide bonds. The number of aromatic nitrogens is 1. The van der Waals surface area contributed by atoms with E-state index in [1.807, 2.05) is 24.3 Å². The number of nitrogens with one attached hydrogen (secondary N) is 1. The summed E-state index contributed by atoms with van der Waals surface area (Å²) in [5, 5.41) is 4.60. The molecule has 1 fully saturated rings. The van der Waals surface area contributed by atoms with Gasteiger partial charge in [-0.15, -0.1) is 0 Å². The van der Waals surface area contributed by atoms with Gasteiger partial charge in [-0.1, -0.05) is 0 Å². The van der Waals surface area contributed by atoms with Crippen LogP contribution in [0.2, 0.25) is 0 Å². The number of nitrogen functional groups attached to an aromatic ring is 1. The van der Waals surface area contributed by atoms with Gasteiger partial charge < -0.3 is 15.8 Å². The highest BCUT2D eigenvalue weighted by atomic mass is 16.5. The van der Waals surface area contributed by atoms with E-state index in [1.165, 1.54) is 0 Å². The van der Waals surface area contributed by atoms with Crippen LogP contribution in [0.15, 0.2) is 30.3 Å². The molecule has 4 nitrogen and oxygen atoms in total. The second-order valence-corrected chi connectivity index (χ2v) is 5.53. The van der Waals surface area contributed by atoms with Gasteiger partial charge >= 0.3 is 0 Å². The summed E-state index contributed by atoms with van der Waals surface area (Å²) in [5.74, 6) is 1.59. The molecule has 1 atom stereocenters. The zero-order valence-corrected chi connectivity index (χ0v) is 11.8. The van der Waals surface area contributed by atoms with Gasteiger partial charge in [0.2, 0.25) is 0 Å². The van der Waals surface area contributed by atoms with E-state index >= 15 is 0 Å². The molecule has 1 aromatic heterocycles. The van der Waals surface area contributed by atoms with Crippen molar-refractivity contribution in [2.24, 2.45) is 5.92 Å². The Morgan fingerprint density at radius 3 is 2.85 bits per heavy atom. The maximum absolute atomic E-state index is 5.78. The van der Waals surface area contributed by atoms with Crippen LogP contribution < -0.4 is 11.1 Å². The second-order valence-electron chi connectivity index (χ2n) is 5.53. The standard InChI is InChI=1S/C16H21N3O/c1-11(12-6-8-20-9-7-12)18-16-5-2-13-10-14(17)3-4-15(13)19-16/h2-5,10-12H,6-9,17H2,1H3,(H,18,19). The molecule has 0 aliphatic carbocycles. The van der Waals surface area contributed by atoms with Crippen LogP contribution in [0.5, 0.6) is 0 Å². The van der Waals surface area contributed by atoms with Gasteiger partial charge in [0.1, 0.15) is 5.82 Å². The number of hydrogen-bond acceptors (Lipinski definition) is 4.